The predicted octanol–water partition coefficient (Wildman–Crippen LogP) is 6.86. The summed E-state index contributed by atoms with van der Waals surface area (Å²) in [5.74, 6) is -12.6. The molecular formula is C75H83ClF2N8O17S. The Balaban J connectivity index is 0.000000501. The molecule has 0 aliphatic rings. The normalized spacial score (nSPS) is 13.6. The van der Waals surface area contributed by atoms with E-state index < -0.39 is 163 Å². The molecule has 1 heterocycles. The number of thiol groups is 1. The summed E-state index contributed by atoms with van der Waals surface area (Å²) in [6.07, 6.45) is -1.79. The van der Waals surface area contributed by atoms with Gasteiger partial charge in [-0.05, 0) is 74.4 Å². The van der Waals surface area contributed by atoms with Gasteiger partial charge in [0.15, 0.2) is 5.60 Å². The second kappa shape index (κ2) is 39.7. The van der Waals surface area contributed by atoms with E-state index in [-0.39, 0.29) is 61.2 Å². The van der Waals surface area contributed by atoms with Crippen LogP contribution in [-0.2, 0) is 82.5 Å². The van der Waals surface area contributed by atoms with Crippen LogP contribution < -0.4 is 44.0 Å². The van der Waals surface area contributed by atoms with Gasteiger partial charge in [-0.15, -0.1) is 0 Å². The molecule has 0 saturated carbocycles. The van der Waals surface area contributed by atoms with E-state index in [0.29, 0.717) is 28.1 Å². The molecular weight excluding hydrogens is 1390 g/mol. The molecule has 0 fully saturated rings. The van der Waals surface area contributed by atoms with Crippen molar-refractivity contribution in [1.82, 2.24) is 30.4 Å². The number of amides is 4. The summed E-state index contributed by atoms with van der Waals surface area (Å²) < 4.78 is 42.7. The summed E-state index contributed by atoms with van der Waals surface area (Å²) in [6.45, 7) is 5.26. The summed E-state index contributed by atoms with van der Waals surface area (Å²) in [5, 5.41) is 38.1. The summed E-state index contributed by atoms with van der Waals surface area (Å²) in [6, 6.07) is 36.8. The Morgan fingerprint density at radius 1 is 0.683 bits per heavy atom. The highest BCUT2D eigenvalue weighted by molar-refractivity contribution is 7.80. The van der Waals surface area contributed by atoms with Gasteiger partial charge in [-0.2, -0.15) is 12.6 Å². The van der Waals surface area contributed by atoms with Crippen molar-refractivity contribution in [2.75, 3.05) is 18.9 Å². The Morgan fingerprint density at radius 2 is 1.28 bits per heavy atom. The third kappa shape index (κ3) is 22.7. The molecule has 8 atom stereocenters. The van der Waals surface area contributed by atoms with Crippen molar-refractivity contribution >= 4 is 84.0 Å². The summed E-state index contributed by atoms with van der Waals surface area (Å²) in [7, 11) is 0. The van der Waals surface area contributed by atoms with Crippen molar-refractivity contribution in [3.63, 3.8) is 0 Å². The Labute approximate surface area is 608 Å². The van der Waals surface area contributed by atoms with Crippen LogP contribution in [0.2, 0.25) is 5.02 Å². The van der Waals surface area contributed by atoms with E-state index in [1.54, 1.807) is 54.6 Å². The van der Waals surface area contributed by atoms with Gasteiger partial charge in [0.1, 0.15) is 48.2 Å². The number of halogens is 3. The Kier molecular flexibility index (Phi) is 31.4. The SMILES string of the molecule is CCC(C)C(=O)OC(c1ccccc1)(c1ccc(C)cc1)c1ccccc1Cl.Cc1c(-c2cccc(CCC(=O)C[C@@H](CCC(=O)N[C@H](CCC(=O)NC[C@H](N)C(=O)N[C@@H](COC=O)C(=O)NC(CS)C(=O)O)C(=O)O)C(=O)O)c2)c(=O)n(C[C@H](N)c2ccccc2)c(=O)n1Cc1c(F)cccc1F. The predicted molar refractivity (Wildman–Crippen MR) is 384 cm³/mol. The zero-order valence-electron chi connectivity index (χ0n) is 57.4. The fourth-order valence-corrected chi connectivity index (χ4v) is 11.5. The molecule has 7 rings (SSSR count). The molecule has 25 nitrogen and oxygen atoms in total. The minimum atomic E-state index is -1.63. The largest absolute Gasteiger partial charge is 0.481 e. The smallest absolute Gasteiger partial charge is 0.331 e. The van der Waals surface area contributed by atoms with Crippen molar-refractivity contribution in [2.24, 2.45) is 23.3 Å². The summed E-state index contributed by atoms with van der Waals surface area (Å²) in [5.41, 5.74) is 14.3. The third-order valence-corrected chi connectivity index (χ3v) is 17.9. The molecule has 7 aromatic rings. The van der Waals surface area contributed by atoms with Crippen LogP contribution in [0.1, 0.15) is 109 Å². The molecule has 104 heavy (non-hydrogen) atoms. The molecule has 4 amide bonds. The van der Waals surface area contributed by atoms with Gasteiger partial charge in [-0.25, -0.2) is 23.2 Å². The molecule has 552 valence electrons. The molecule has 0 spiro atoms. The molecule has 6 aromatic carbocycles. The lowest BCUT2D eigenvalue weighted by atomic mass is 9.79. The number of benzene rings is 6. The van der Waals surface area contributed by atoms with Gasteiger partial charge in [0.05, 0.1) is 30.5 Å². The van der Waals surface area contributed by atoms with Crippen LogP contribution in [-0.4, -0.2) is 127 Å². The maximum atomic E-state index is 14.9. The van der Waals surface area contributed by atoms with Crippen molar-refractivity contribution in [1.29, 1.82) is 0 Å². The number of aromatic nitrogens is 2. The van der Waals surface area contributed by atoms with Gasteiger partial charge >= 0.3 is 29.6 Å². The van der Waals surface area contributed by atoms with E-state index in [1.165, 1.54) is 13.0 Å². The second-order valence-electron chi connectivity index (χ2n) is 24.6. The van der Waals surface area contributed by atoms with Crippen molar-refractivity contribution in [2.45, 2.75) is 128 Å². The highest BCUT2D eigenvalue weighted by atomic mass is 35.5. The van der Waals surface area contributed by atoms with Crippen LogP contribution >= 0.6 is 24.2 Å². The number of ketones is 1. The molecule has 0 aliphatic carbocycles. The molecule has 29 heteroatoms. The van der Waals surface area contributed by atoms with Crippen LogP contribution in [0, 0.1) is 37.3 Å². The first kappa shape index (κ1) is 82.3. The summed E-state index contributed by atoms with van der Waals surface area (Å²) in [4.78, 5) is 151. The van der Waals surface area contributed by atoms with E-state index in [9.17, 15) is 76.5 Å². The zero-order chi connectivity index (χ0) is 76.4. The second-order valence-corrected chi connectivity index (χ2v) is 25.4. The van der Waals surface area contributed by atoms with Crippen LogP contribution in [0.25, 0.3) is 11.1 Å². The highest BCUT2D eigenvalue weighted by Gasteiger charge is 2.43. The number of nitrogens with two attached hydrogens (primary N) is 2. The van der Waals surface area contributed by atoms with Gasteiger partial charge < -0.3 is 57.5 Å². The first-order valence-corrected chi connectivity index (χ1v) is 34.1. The topological polar surface area (TPSA) is 394 Å². The average molecular weight is 1470 g/mol. The van der Waals surface area contributed by atoms with E-state index in [0.717, 1.165) is 43.5 Å². The van der Waals surface area contributed by atoms with Crippen molar-refractivity contribution in [3.8, 4) is 11.1 Å². The fraction of sp³-hybridized carbons (Fsp3) is 0.333. The Bertz CT molecular complexity index is 4300. The molecule has 1 aromatic heterocycles. The van der Waals surface area contributed by atoms with Crippen LogP contribution in [0.4, 0.5) is 8.78 Å². The lowest BCUT2D eigenvalue weighted by Gasteiger charge is -2.36. The van der Waals surface area contributed by atoms with Crippen molar-refractivity contribution < 1.29 is 81.5 Å². The van der Waals surface area contributed by atoms with E-state index in [2.05, 4.69) is 38.6 Å². The Hall–Kier alpha value is -10.7. The third-order valence-electron chi connectivity index (χ3n) is 17.2. The highest BCUT2D eigenvalue weighted by Crippen LogP contribution is 2.44. The molecule has 11 N–H and O–H groups in total. The number of Topliss-reactive ketones (excluding diaryl/α,β-unsaturated/α-hetero) is 1. The number of carbonyl (C=O) groups is 10. The monoisotopic (exact) mass is 1470 g/mol. The van der Waals surface area contributed by atoms with E-state index in [4.69, 9.17) is 32.9 Å². The molecule has 0 saturated heterocycles. The number of rotatable bonds is 37. The quantitative estimate of drug-likeness (QED) is 0.00822. The van der Waals surface area contributed by atoms with Gasteiger partial charge in [0, 0.05) is 77.0 Å². The number of carbonyl (C=O) groups excluding carboxylic acids is 7. The minimum absolute atomic E-state index is 0.0229. The first-order chi connectivity index (χ1) is 49.5. The lowest BCUT2D eigenvalue weighted by Crippen LogP contribution is -2.57. The number of carboxylic acid groups (broad SMARTS) is 3. The van der Waals surface area contributed by atoms with E-state index >= 15 is 0 Å². The number of aliphatic carboxylic acids is 3. The average Bonchev–Trinajstić information content (AvgIpc) is 0.755. The van der Waals surface area contributed by atoms with Crippen LogP contribution in [0.5, 0.6) is 0 Å². The minimum Gasteiger partial charge on any atom is -0.481 e. The molecule has 0 radical (unpaired) electrons. The van der Waals surface area contributed by atoms with Gasteiger partial charge in [0.25, 0.3) is 12.0 Å². The van der Waals surface area contributed by atoms with Gasteiger partial charge in [-0.1, -0.05) is 164 Å². The molecule has 0 bridgehead atoms. The fourth-order valence-electron chi connectivity index (χ4n) is 11.0. The van der Waals surface area contributed by atoms with E-state index in [1.807, 2.05) is 99.6 Å². The molecule has 3 unspecified atom stereocenters. The zero-order valence-corrected chi connectivity index (χ0v) is 59.1. The van der Waals surface area contributed by atoms with Crippen LogP contribution in [0.15, 0.2) is 161 Å². The number of hydrogen-bond acceptors (Lipinski definition) is 17. The number of carboxylic acids is 3. The number of esters is 1. The van der Waals surface area contributed by atoms with Gasteiger partial charge in [-0.3, -0.25) is 52.3 Å². The number of ether oxygens (including phenoxy) is 2. The maximum absolute atomic E-state index is 14.9. The van der Waals surface area contributed by atoms with Gasteiger partial charge in [0.2, 0.25) is 23.6 Å². The Morgan fingerprint density at radius 3 is 1.88 bits per heavy atom. The first-order valence-electron chi connectivity index (χ1n) is 33.1. The lowest BCUT2D eigenvalue weighted by molar-refractivity contribution is -0.158. The number of nitrogens with zero attached hydrogens (tertiary/aromatic N) is 2. The van der Waals surface area contributed by atoms with Crippen LogP contribution in [0.3, 0.4) is 0 Å². The number of aryl methyl sites for hydroxylation is 2. The number of nitrogens with one attached hydrogen (secondary N) is 4. The maximum Gasteiger partial charge on any atom is 0.331 e. The van der Waals surface area contributed by atoms with Crippen molar-refractivity contribution in [3.05, 3.63) is 234 Å². The summed E-state index contributed by atoms with van der Waals surface area (Å²) >= 11 is 10.5. The molecule has 0 aliphatic heterocycles. The number of hydrogen-bond donors (Lipinski definition) is 10. The standard InChI is InChI=1S/C50H58F2N8O15S.C25H25ClO2/c1-27-43(46(67)60(23-37(54)29-8-3-2-4-9-29)50(74)59(27)22-33-34(51)11-6-12-35(33)52)30-10-5-7-28(19-30)13-15-32(62)20-31(47(68)69)14-17-42(64)56-38(48(70)71)16-18-41(63)55-21-36(53)44(65)57-39(24-75-26-61)45(66)58-40(25-76)49(72)73;1-4-19(3)24(27)28-25(20-10-6-5-7-11-20,21-16-14-18(2)15-17-21)22-12-8-9-13-23(22)26/h2-12,19,26,31,36-40,76H,13-18,20-25,53-54H2,1H3,(H,55,63)(H,56,64)(H,57,65)(H,58,66)(H,68,69)(H,70,71)(H,72,73);5-17,19H,4H2,1-3H3/t31-,36+,37+,38-,39+,40?;/m1./s1.